The van der Waals surface area contributed by atoms with Crippen LogP contribution in [0.15, 0.2) is 24.3 Å². The van der Waals surface area contributed by atoms with Crippen LogP contribution in [0.25, 0.3) is 0 Å². The van der Waals surface area contributed by atoms with Gasteiger partial charge in [-0.15, -0.1) is 0 Å². The number of rotatable bonds is 4. The lowest BCUT2D eigenvalue weighted by atomic mass is 9.99. The summed E-state index contributed by atoms with van der Waals surface area (Å²) in [6.07, 6.45) is 0.566. The highest BCUT2D eigenvalue weighted by Crippen LogP contribution is 2.16. The Morgan fingerprint density at radius 1 is 1.61 bits per heavy atom. The maximum Gasteiger partial charge on any atom is 0.242 e. The van der Waals surface area contributed by atoms with Gasteiger partial charge in [-0.25, -0.2) is 0 Å². The fraction of sp³-hybridized carbons (Fsp3) is 0.462. The molecule has 0 spiro atoms. The number of hydrogen-bond acceptors (Lipinski definition) is 4. The van der Waals surface area contributed by atoms with Gasteiger partial charge in [0.2, 0.25) is 5.91 Å². The molecular formula is C13H18N2O3. The minimum Gasteiger partial charge on any atom is -0.497 e. The van der Waals surface area contributed by atoms with E-state index in [9.17, 15) is 4.79 Å². The van der Waals surface area contributed by atoms with Crippen LogP contribution in [0.1, 0.15) is 12.0 Å². The predicted octanol–water partition coefficient (Wildman–Crippen LogP) is 0.429. The van der Waals surface area contributed by atoms with Gasteiger partial charge in [0.25, 0.3) is 0 Å². The van der Waals surface area contributed by atoms with Gasteiger partial charge in [0.15, 0.2) is 0 Å². The normalized spacial score (nSPS) is 22.8. The number of methoxy groups -OCH3 is 1. The zero-order valence-corrected chi connectivity index (χ0v) is 10.4. The van der Waals surface area contributed by atoms with Gasteiger partial charge >= 0.3 is 0 Å². The second kappa shape index (κ2) is 5.37. The molecule has 5 nitrogen and oxygen atoms in total. The fourth-order valence-electron chi connectivity index (χ4n) is 1.90. The van der Waals surface area contributed by atoms with Crippen LogP contribution in [0.4, 0.5) is 0 Å². The summed E-state index contributed by atoms with van der Waals surface area (Å²) in [6.45, 7) is 1.27. The Morgan fingerprint density at radius 2 is 2.44 bits per heavy atom. The first kappa shape index (κ1) is 12.9. The minimum absolute atomic E-state index is 0.164. The molecule has 0 bridgehead atoms. The number of amides is 1. The third-order valence-corrected chi connectivity index (χ3v) is 3.09. The van der Waals surface area contributed by atoms with Crippen molar-refractivity contribution in [2.24, 2.45) is 5.73 Å². The van der Waals surface area contributed by atoms with Crippen molar-refractivity contribution in [3.63, 3.8) is 0 Å². The Hall–Kier alpha value is -1.59. The number of benzene rings is 1. The maximum absolute atomic E-state index is 11.9. The standard InChI is InChI=1S/C13H18N2O3/c1-17-11-4-2-3-10(7-11)8-15-12(16)13(14)5-6-18-9-13/h2-4,7H,5-6,8-9,14H2,1H3,(H,15,16). The van der Waals surface area contributed by atoms with E-state index in [4.69, 9.17) is 15.2 Å². The average Bonchev–Trinajstić information content (AvgIpc) is 2.84. The Kier molecular flexibility index (Phi) is 3.84. The zero-order chi connectivity index (χ0) is 13.0. The van der Waals surface area contributed by atoms with Crippen molar-refractivity contribution >= 4 is 5.91 Å². The first-order chi connectivity index (χ1) is 8.64. The van der Waals surface area contributed by atoms with Crippen molar-refractivity contribution in [1.82, 2.24) is 5.32 Å². The third-order valence-electron chi connectivity index (χ3n) is 3.09. The smallest absolute Gasteiger partial charge is 0.242 e. The molecule has 0 aromatic heterocycles. The van der Waals surface area contributed by atoms with Gasteiger partial charge < -0.3 is 20.5 Å². The van der Waals surface area contributed by atoms with E-state index < -0.39 is 5.54 Å². The Bertz CT molecular complexity index is 428. The second-order valence-electron chi connectivity index (χ2n) is 4.49. The van der Waals surface area contributed by atoms with Crippen molar-refractivity contribution in [3.05, 3.63) is 29.8 Å². The number of hydrogen-bond donors (Lipinski definition) is 2. The fourth-order valence-corrected chi connectivity index (χ4v) is 1.90. The molecule has 0 radical (unpaired) electrons. The molecule has 1 aromatic rings. The topological polar surface area (TPSA) is 73.6 Å². The van der Waals surface area contributed by atoms with E-state index in [1.807, 2.05) is 24.3 Å². The molecule has 0 aliphatic carbocycles. The molecule has 98 valence electrons. The van der Waals surface area contributed by atoms with Gasteiger partial charge in [-0.3, -0.25) is 4.79 Å². The van der Waals surface area contributed by atoms with E-state index >= 15 is 0 Å². The zero-order valence-electron chi connectivity index (χ0n) is 10.4. The Labute approximate surface area is 106 Å². The summed E-state index contributed by atoms with van der Waals surface area (Å²) in [7, 11) is 1.61. The molecule has 0 saturated carbocycles. The second-order valence-corrected chi connectivity index (χ2v) is 4.49. The SMILES string of the molecule is COc1cccc(CNC(=O)C2(N)CCOC2)c1. The highest BCUT2D eigenvalue weighted by Gasteiger charge is 2.37. The first-order valence-electron chi connectivity index (χ1n) is 5.92. The third kappa shape index (κ3) is 2.80. The maximum atomic E-state index is 11.9. The van der Waals surface area contributed by atoms with E-state index in [0.29, 0.717) is 19.6 Å². The monoisotopic (exact) mass is 250 g/mol. The Balaban J connectivity index is 1.92. The van der Waals surface area contributed by atoms with E-state index in [1.54, 1.807) is 7.11 Å². The molecule has 2 rings (SSSR count). The van der Waals surface area contributed by atoms with Crippen LogP contribution >= 0.6 is 0 Å². The van der Waals surface area contributed by atoms with Crippen LogP contribution in [0.5, 0.6) is 5.75 Å². The summed E-state index contributed by atoms with van der Waals surface area (Å²) in [5.41, 5.74) is 6.06. The van der Waals surface area contributed by atoms with Gasteiger partial charge in [-0.05, 0) is 24.1 Å². The summed E-state index contributed by atoms with van der Waals surface area (Å²) in [5.74, 6) is 0.608. The summed E-state index contributed by atoms with van der Waals surface area (Å²) in [6, 6.07) is 7.56. The number of nitrogens with two attached hydrogens (primary N) is 1. The van der Waals surface area contributed by atoms with E-state index in [2.05, 4.69) is 5.32 Å². The van der Waals surface area contributed by atoms with Crippen LogP contribution in [-0.2, 0) is 16.1 Å². The summed E-state index contributed by atoms with van der Waals surface area (Å²) < 4.78 is 10.3. The lowest BCUT2D eigenvalue weighted by Gasteiger charge is -2.20. The van der Waals surface area contributed by atoms with Crippen LogP contribution in [0.3, 0.4) is 0 Å². The van der Waals surface area contributed by atoms with Gasteiger partial charge in [-0.1, -0.05) is 12.1 Å². The molecule has 1 aliphatic heterocycles. The average molecular weight is 250 g/mol. The summed E-state index contributed by atoms with van der Waals surface area (Å²) >= 11 is 0. The number of nitrogens with one attached hydrogen (secondary N) is 1. The molecule has 1 heterocycles. The summed E-state index contributed by atoms with van der Waals surface area (Å²) in [5, 5.41) is 2.83. The van der Waals surface area contributed by atoms with E-state index in [-0.39, 0.29) is 12.5 Å². The van der Waals surface area contributed by atoms with Crippen LogP contribution in [0, 0.1) is 0 Å². The predicted molar refractivity (Wildman–Crippen MR) is 67.2 cm³/mol. The van der Waals surface area contributed by atoms with Crippen molar-refractivity contribution < 1.29 is 14.3 Å². The van der Waals surface area contributed by atoms with Crippen molar-refractivity contribution in [1.29, 1.82) is 0 Å². The number of carbonyl (C=O) groups excluding carboxylic acids is 1. The highest BCUT2D eigenvalue weighted by atomic mass is 16.5. The molecule has 1 saturated heterocycles. The molecule has 1 aromatic carbocycles. The van der Waals surface area contributed by atoms with Crippen molar-refractivity contribution in [2.45, 2.75) is 18.5 Å². The number of ether oxygens (including phenoxy) is 2. The molecule has 3 N–H and O–H groups in total. The van der Waals surface area contributed by atoms with Gasteiger partial charge in [-0.2, -0.15) is 0 Å². The number of carbonyl (C=O) groups is 1. The molecule has 1 amide bonds. The molecule has 1 aliphatic rings. The van der Waals surface area contributed by atoms with Crippen molar-refractivity contribution in [2.75, 3.05) is 20.3 Å². The summed E-state index contributed by atoms with van der Waals surface area (Å²) in [4.78, 5) is 11.9. The molecular weight excluding hydrogens is 232 g/mol. The van der Waals surface area contributed by atoms with Crippen LogP contribution < -0.4 is 15.8 Å². The first-order valence-corrected chi connectivity index (χ1v) is 5.92. The van der Waals surface area contributed by atoms with Gasteiger partial charge in [0.1, 0.15) is 11.3 Å². The van der Waals surface area contributed by atoms with Crippen LogP contribution in [-0.4, -0.2) is 31.8 Å². The quantitative estimate of drug-likeness (QED) is 0.812. The Morgan fingerprint density at radius 3 is 3.11 bits per heavy atom. The highest BCUT2D eigenvalue weighted by molar-refractivity contribution is 5.86. The molecule has 1 fully saturated rings. The molecule has 5 heteroatoms. The lowest BCUT2D eigenvalue weighted by Crippen LogP contribution is -2.54. The van der Waals surface area contributed by atoms with E-state index in [1.165, 1.54) is 0 Å². The van der Waals surface area contributed by atoms with Gasteiger partial charge in [0.05, 0.1) is 13.7 Å². The largest absolute Gasteiger partial charge is 0.497 e. The molecule has 18 heavy (non-hydrogen) atoms. The van der Waals surface area contributed by atoms with E-state index in [0.717, 1.165) is 11.3 Å². The molecule has 1 atom stereocenters. The molecule has 1 unspecified atom stereocenters. The van der Waals surface area contributed by atoms with Crippen LogP contribution in [0.2, 0.25) is 0 Å². The van der Waals surface area contributed by atoms with Crippen molar-refractivity contribution in [3.8, 4) is 5.75 Å². The lowest BCUT2D eigenvalue weighted by molar-refractivity contribution is -0.126. The van der Waals surface area contributed by atoms with Gasteiger partial charge in [0, 0.05) is 13.2 Å². The minimum atomic E-state index is -0.876.